The third-order valence-corrected chi connectivity index (χ3v) is 4.61. The Hall–Kier alpha value is -1.45. The van der Waals surface area contributed by atoms with Gasteiger partial charge in [-0.05, 0) is 49.7 Å². The molecular weight excluding hydrogens is 292 g/mol. The summed E-state index contributed by atoms with van der Waals surface area (Å²) in [6.45, 7) is 3.82. The Morgan fingerprint density at radius 2 is 1.75 bits per heavy atom. The van der Waals surface area contributed by atoms with Crippen molar-refractivity contribution in [3.05, 3.63) is 64.2 Å². The zero-order valence-electron chi connectivity index (χ0n) is 11.4. The lowest BCUT2D eigenvalue weighted by molar-refractivity contribution is 0.102. The number of halogens is 1. The zero-order chi connectivity index (χ0) is 14.7. The lowest BCUT2D eigenvalue weighted by atomic mass is 10.0. The summed E-state index contributed by atoms with van der Waals surface area (Å²) in [5.74, 6) is -0.106. The van der Waals surface area contributed by atoms with Crippen LogP contribution in [-0.4, -0.2) is 15.7 Å². The van der Waals surface area contributed by atoms with E-state index in [-0.39, 0.29) is 11.5 Å². The second-order valence-corrected chi connectivity index (χ2v) is 6.57. The van der Waals surface area contributed by atoms with E-state index in [4.69, 9.17) is 11.6 Å². The molecule has 0 radical (unpaired) electrons. The topological polar surface area (TPSA) is 34.1 Å². The number of ketones is 1. The molecule has 1 atom stereocenters. The second-order valence-electron chi connectivity index (χ2n) is 4.69. The van der Waals surface area contributed by atoms with Gasteiger partial charge in [-0.1, -0.05) is 29.3 Å². The molecule has 0 aliphatic rings. The Kier molecular flexibility index (Phi) is 4.73. The van der Waals surface area contributed by atoms with E-state index in [1.807, 2.05) is 32.0 Å². The fourth-order valence-electron chi connectivity index (χ4n) is 1.90. The van der Waals surface area contributed by atoms with Gasteiger partial charge in [0.25, 0.3) is 0 Å². The Balaban J connectivity index is 2.17. The first-order chi connectivity index (χ1) is 9.47. The van der Waals surface area contributed by atoms with Gasteiger partial charge in [-0.15, -0.1) is 0 Å². The highest BCUT2D eigenvalue weighted by molar-refractivity contribution is 7.85. The first-order valence-electron chi connectivity index (χ1n) is 6.22. The number of Topliss-reactive ketones (excluding diaryl/α,β-unsaturated/α-hetero) is 1. The van der Waals surface area contributed by atoms with Gasteiger partial charge in [0, 0.05) is 15.5 Å². The van der Waals surface area contributed by atoms with Gasteiger partial charge >= 0.3 is 0 Å². The van der Waals surface area contributed by atoms with E-state index in [0.717, 1.165) is 11.1 Å². The van der Waals surface area contributed by atoms with Gasteiger partial charge < -0.3 is 0 Å². The summed E-state index contributed by atoms with van der Waals surface area (Å²) >= 11 is 5.79. The van der Waals surface area contributed by atoms with Crippen molar-refractivity contribution in [3.8, 4) is 0 Å². The molecule has 0 fully saturated rings. The highest BCUT2D eigenvalue weighted by atomic mass is 35.5. The van der Waals surface area contributed by atoms with Crippen molar-refractivity contribution in [2.45, 2.75) is 18.7 Å². The van der Waals surface area contributed by atoms with Crippen LogP contribution in [0.5, 0.6) is 0 Å². The molecule has 0 heterocycles. The monoisotopic (exact) mass is 306 g/mol. The van der Waals surface area contributed by atoms with Crippen LogP contribution in [0.1, 0.15) is 21.5 Å². The molecule has 20 heavy (non-hydrogen) atoms. The fourth-order valence-corrected chi connectivity index (χ4v) is 3.03. The van der Waals surface area contributed by atoms with E-state index in [1.165, 1.54) is 0 Å². The van der Waals surface area contributed by atoms with Crippen LogP contribution in [0.2, 0.25) is 5.02 Å². The van der Waals surface area contributed by atoms with Crippen LogP contribution in [0.25, 0.3) is 0 Å². The van der Waals surface area contributed by atoms with Gasteiger partial charge in [0.1, 0.15) is 0 Å². The molecule has 1 unspecified atom stereocenters. The standard InChI is InChI=1S/C16H15ClO2S/c1-11-3-4-12(2)15(9-11)16(18)10-20(19)14-7-5-13(17)6-8-14/h3-9H,10H2,1-2H3. The summed E-state index contributed by atoms with van der Waals surface area (Å²) in [5.41, 5.74) is 2.58. The molecule has 0 aliphatic heterocycles. The van der Waals surface area contributed by atoms with Crippen molar-refractivity contribution in [1.29, 1.82) is 0 Å². The van der Waals surface area contributed by atoms with E-state index in [9.17, 15) is 9.00 Å². The Bertz CT molecular complexity index is 663. The van der Waals surface area contributed by atoms with Gasteiger partial charge in [-0.2, -0.15) is 0 Å². The number of aryl methyl sites for hydroxylation is 2. The van der Waals surface area contributed by atoms with Crippen LogP contribution in [0, 0.1) is 13.8 Å². The second kappa shape index (κ2) is 6.33. The maximum absolute atomic E-state index is 12.2. The average molecular weight is 307 g/mol. The summed E-state index contributed by atoms with van der Waals surface area (Å²) in [6.07, 6.45) is 0. The van der Waals surface area contributed by atoms with Gasteiger partial charge in [0.2, 0.25) is 0 Å². The normalized spacial score (nSPS) is 12.2. The zero-order valence-corrected chi connectivity index (χ0v) is 12.9. The van der Waals surface area contributed by atoms with Crippen molar-refractivity contribution in [2.24, 2.45) is 0 Å². The van der Waals surface area contributed by atoms with E-state index in [1.54, 1.807) is 24.3 Å². The fraction of sp³-hybridized carbons (Fsp3) is 0.188. The molecule has 0 saturated heterocycles. The number of hydrogen-bond acceptors (Lipinski definition) is 2. The van der Waals surface area contributed by atoms with Crippen molar-refractivity contribution >= 4 is 28.2 Å². The van der Waals surface area contributed by atoms with Crippen LogP contribution in [0.4, 0.5) is 0 Å². The number of rotatable bonds is 4. The third kappa shape index (κ3) is 3.56. The predicted molar refractivity (Wildman–Crippen MR) is 83.0 cm³/mol. The van der Waals surface area contributed by atoms with Gasteiger partial charge in [0.15, 0.2) is 5.78 Å². The molecule has 2 aromatic rings. The van der Waals surface area contributed by atoms with Crippen LogP contribution >= 0.6 is 11.6 Å². The molecule has 4 heteroatoms. The van der Waals surface area contributed by atoms with E-state index in [2.05, 4.69) is 0 Å². The molecule has 2 rings (SSSR count). The number of carbonyl (C=O) groups is 1. The van der Waals surface area contributed by atoms with Crippen LogP contribution < -0.4 is 0 Å². The molecule has 0 aliphatic carbocycles. The Labute approximate surface area is 126 Å². The van der Waals surface area contributed by atoms with E-state index < -0.39 is 10.8 Å². The molecule has 0 amide bonds. The molecule has 0 bridgehead atoms. The summed E-state index contributed by atoms with van der Waals surface area (Å²) in [4.78, 5) is 12.9. The molecule has 0 aromatic heterocycles. The van der Waals surface area contributed by atoms with E-state index >= 15 is 0 Å². The van der Waals surface area contributed by atoms with Crippen LogP contribution in [0.3, 0.4) is 0 Å². The lowest BCUT2D eigenvalue weighted by Crippen LogP contribution is -2.12. The highest BCUT2D eigenvalue weighted by Gasteiger charge is 2.14. The minimum Gasteiger partial charge on any atom is -0.293 e. The van der Waals surface area contributed by atoms with Gasteiger partial charge in [-0.3, -0.25) is 9.00 Å². The van der Waals surface area contributed by atoms with Crippen LogP contribution in [-0.2, 0) is 10.8 Å². The van der Waals surface area contributed by atoms with Crippen molar-refractivity contribution in [3.63, 3.8) is 0 Å². The Morgan fingerprint density at radius 3 is 2.40 bits per heavy atom. The first-order valence-corrected chi connectivity index (χ1v) is 7.91. The van der Waals surface area contributed by atoms with Crippen LogP contribution in [0.15, 0.2) is 47.4 Å². The smallest absolute Gasteiger partial charge is 0.175 e. The summed E-state index contributed by atoms with van der Waals surface area (Å²) in [7, 11) is -1.35. The molecule has 2 nitrogen and oxygen atoms in total. The maximum atomic E-state index is 12.2. The number of benzene rings is 2. The highest BCUT2D eigenvalue weighted by Crippen LogP contribution is 2.16. The molecule has 2 aromatic carbocycles. The summed E-state index contributed by atoms with van der Waals surface area (Å²) < 4.78 is 12.2. The minimum atomic E-state index is -1.35. The number of hydrogen-bond donors (Lipinski definition) is 0. The summed E-state index contributed by atoms with van der Waals surface area (Å²) in [5, 5.41) is 0.589. The minimum absolute atomic E-state index is 0.00801. The first kappa shape index (κ1) is 14.9. The molecule has 104 valence electrons. The molecule has 0 saturated carbocycles. The number of carbonyl (C=O) groups excluding carboxylic acids is 1. The largest absolute Gasteiger partial charge is 0.293 e. The molecular formula is C16H15ClO2S. The SMILES string of the molecule is Cc1ccc(C)c(C(=O)CS(=O)c2ccc(Cl)cc2)c1. The summed E-state index contributed by atoms with van der Waals surface area (Å²) in [6, 6.07) is 12.4. The van der Waals surface area contributed by atoms with Crippen molar-refractivity contribution < 1.29 is 9.00 Å². The average Bonchev–Trinajstić information content (AvgIpc) is 2.42. The third-order valence-electron chi connectivity index (χ3n) is 3.03. The Morgan fingerprint density at radius 1 is 1.10 bits per heavy atom. The molecule has 0 N–H and O–H groups in total. The quantitative estimate of drug-likeness (QED) is 0.802. The maximum Gasteiger partial charge on any atom is 0.175 e. The predicted octanol–water partition coefficient (Wildman–Crippen LogP) is 3.95. The van der Waals surface area contributed by atoms with Crippen molar-refractivity contribution in [1.82, 2.24) is 0 Å². The van der Waals surface area contributed by atoms with Gasteiger partial charge in [0.05, 0.1) is 16.6 Å². The van der Waals surface area contributed by atoms with E-state index in [0.29, 0.717) is 15.5 Å². The molecule has 0 spiro atoms. The van der Waals surface area contributed by atoms with Crippen molar-refractivity contribution in [2.75, 3.05) is 5.75 Å². The lowest BCUT2D eigenvalue weighted by Gasteiger charge is -2.06. The van der Waals surface area contributed by atoms with Gasteiger partial charge in [-0.25, -0.2) is 0 Å².